The molecule has 1 aromatic heterocycles. The molecule has 0 aliphatic heterocycles. The van der Waals surface area contributed by atoms with Gasteiger partial charge in [0.25, 0.3) is 0 Å². The highest BCUT2D eigenvalue weighted by Gasteiger charge is 1.97. The molecule has 0 bridgehead atoms. The van der Waals surface area contributed by atoms with Crippen molar-refractivity contribution in [2.75, 3.05) is 6.61 Å². The molecule has 0 amide bonds. The second-order valence-electron chi connectivity index (χ2n) is 3.22. The Morgan fingerprint density at radius 2 is 2.12 bits per heavy atom. The first-order chi connectivity index (χ1) is 7.88. The van der Waals surface area contributed by atoms with Gasteiger partial charge in [0.15, 0.2) is 0 Å². The third kappa shape index (κ3) is 2.66. The first kappa shape index (κ1) is 10.4. The number of benzene rings is 1. The standard InChI is InChI=1S/C11H11N3O2/c15-7-9-1-3-10(4-2-9)16-6-5-11-12-8-13-14-11/h1-4,7-8H,5-6H2,(H,12,13,14). The number of aldehydes is 1. The molecular weight excluding hydrogens is 206 g/mol. The molecule has 2 rings (SSSR count). The van der Waals surface area contributed by atoms with E-state index in [0.29, 0.717) is 18.6 Å². The number of nitrogens with one attached hydrogen (secondary N) is 1. The minimum atomic E-state index is 0.523. The Morgan fingerprint density at radius 1 is 1.31 bits per heavy atom. The van der Waals surface area contributed by atoms with Gasteiger partial charge in [-0.1, -0.05) is 0 Å². The number of hydrogen-bond donors (Lipinski definition) is 1. The van der Waals surface area contributed by atoms with Crippen LogP contribution in [0.3, 0.4) is 0 Å². The first-order valence-corrected chi connectivity index (χ1v) is 4.91. The molecule has 0 fully saturated rings. The van der Waals surface area contributed by atoms with Crippen molar-refractivity contribution in [3.63, 3.8) is 0 Å². The number of carbonyl (C=O) groups is 1. The van der Waals surface area contributed by atoms with Crippen molar-refractivity contribution in [2.45, 2.75) is 6.42 Å². The lowest BCUT2D eigenvalue weighted by atomic mass is 10.2. The first-order valence-electron chi connectivity index (χ1n) is 4.91. The highest BCUT2D eigenvalue weighted by Crippen LogP contribution is 2.11. The van der Waals surface area contributed by atoms with Crippen LogP contribution in [0.15, 0.2) is 30.6 Å². The third-order valence-electron chi connectivity index (χ3n) is 2.09. The molecule has 0 aliphatic carbocycles. The number of carbonyl (C=O) groups excluding carboxylic acids is 1. The van der Waals surface area contributed by atoms with E-state index >= 15 is 0 Å². The van der Waals surface area contributed by atoms with E-state index in [1.807, 2.05) is 0 Å². The average Bonchev–Trinajstić information content (AvgIpc) is 2.83. The van der Waals surface area contributed by atoms with E-state index in [-0.39, 0.29) is 0 Å². The van der Waals surface area contributed by atoms with Gasteiger partial charge in [-0.15, -0.1) is 0 Å². The monoisotopic (exact) mass is 217 g/mol. The van der Waals surface area contributed by atoms with E-state index < -0.39 is 0 Å². The van der Waals surface area contributed by atoms with Gasteiger partial charge in [0.1, 0.15) is 24.2 Å². The van der Waals surface area contributed by atoms with Gasteiger partial charge in [-0.3, -0.25) is 9.89 Å². The zero-order valence-corrected chi connectivity index (χ0v) is 8.59. The summed E-state index contributed by atoms with van der Waals surface area (Å²) in [6.45, 7) is 0.523. The van der Waals surface area contributed by atoms with Crippen molar-refractivity contribution in [3.05, 3.63) is 42.0 Å². The van der Waals surface area contributed by atoms with Gasteiger partial charge in [0.2, 0.25) is 0 Å². The molecular formula is C11H11N3O2. The number of aromatic amines is 1. The normalized spacial score (nSPS) is 10.0. The minimum absolute atomic E-state index is 0.523. The smallest absolute Gasteiger partial charge is 0.150 e. The lowest BCUT2D eigenvalue weighted by molar-refractivity contribution is 0.112. The van der Waals surface area contributed by atoms with Crippen molar-refractivity contribution in [3.8, 4) is 5.75 Å². The van der Waals surface area contributed by atoms with Crippen molar-refractivity contribution in [2.24, 2.45) is 0 Å². The SMILES string of the molecule is O=Cc1ccc(OCCc2ncn[nH]2)cc1. The van der Waals surface area contributed by atoms with Crippen LogP contribution in [0, 0.1) is 0 Å². The molecule has 0 aliphatic rings. The van der Waals surface area contributed by atoms with Gasteiger partial charge < -0.3 is 4.74 Å². The van der Waals surface area contributed by atoms with Crippen molar-refractivity contribution >= 4 is 6.29 Å². The van der Waals surface area contributed by atoms with E-state index in [0.717, 1.165) is 17.9 Å². The lowest BCUT2D eigenvalue weighted by Gasteiger charge is -2.04. The fourth-order valence-electron chi connectivity index (χ4n) is 1.26. The maximum Gasteiger partial charge on any atom is 0.150 e. The molecule has 0 radical (unpaired) electrons. The molecule has 1 heterocycles. The van der Waals surface area contributed by atoms with Crippen LogP contribution in [0.25, 0.3) is 0 Å². The summed E-state index contributed by atoms with van der Waals surface area (Å²) in [5.74, 6) is 1.54. The minimum Gasteiger partial charge on any atom is -0.493 e. The number of nitrogens with zero attached hydrogens (tertiary/aromatic N) is 2. The van der Waals surface area contributed by atoms with Gasteiger partial charge in [-0.05, 0) is 24.3 Å². The molecule has 5 nitrogen and oxygen atoms in total. The zero-order chi connectivity index (χ0) is 11.2. The van der Waals surface area contributed by atoms with E-state index in [1.165, 1.54) is 6.33 Å². The molecule has 5 heteroatoms. The van der Waals surface area contributed by atoms with E-state index in [4.69, 9.17) is 4.74 Å². The largest absolute Gasteiger partial charge is 0.493 e. The van der Waals surface area contributed by atoms with Gasteiger partial charge >= 0.3 is 0 Å². The summed E-state index contributed by atoms with van der Waals surface area (Å²) < 4.78 is 5.48. The third-order valence-corrected chi connectivity index (χ3v) is 2.09. The van der Waals surface area contributed by atoms with Gasteiger partial charge in [-0.25, -0.2) is 4.98 Å². The molecule has 0 saturated heterocycles. The second kappa shape index (κ2) is 5.06. The molecule has 0 saturated carbocycles. The lowest BCUT2D eigenvalue weighted by Crippen LogP contribution is -2.02. The quantitative estimate of drug-likeness (QED) is 0.765. The zero-order valence-electron chi connectivity index (χ0n) is 8.59. The Morgan fingerprint density at radius 3 is 2.75 bits per heavy atom. The van der Waals surface area contributed by atoms with Gasteiger partial charge in [-0.2, -0.15) is 5.10 Å². The Hall–Kier alpha value is -2.17. The van der Waals surface area contributed by atoms with Crippen LogP contribution in [-0.4, -0.2) is 28.1 Å². The van der Waals surface area contributed by atoms with Crippen molar-refractivity contribution in [1.29, 1.82) is 0 Å². The highest BCUT2D eigenvalue weighted by molar-refractivity contribution is 5.74. The van der Waals surface area contributed by atoms with Crippen molar-refractivity contribution < 1.29 is 9.53 Å². The summed E-state index contributed by atoms with van der Waals surface area (Å²) >= 11 is 0. The number of rotatable bonds is 5. The van der Waals surface area contributed by atoms with E-state index in [2.05, 4.69) is 15.2 Å². The van der Waals surface area contributed by atoms with Crippen LogP contribution in [-0.2, 0) is 6.42 Å². The number of aromatic nitrogens is 3. The van der Waals surface area contributed by atoms with Crippen LogP contribution in [0.1, 0.15) is 16.2 Å². The highest BCUT2D eigenvalue weighted by atomic mass is 16.5. The van der Waals surface area contributed by atoms with Crippen LogP contribution in [0.5, 0.6) is 5.75 Å². The molecule has 2 aromatic rings. The molecule has 16 heavy (non-hydrogen) atoms. The summed E-state index contributed by atoms with van der Waals surface area (Å²) in [7, 11) is 0. The Balaban J connectivity index is 1.83. The molecule has 1 N–H and O–H groups in total. The van der Waals surface area contributed by atoms with Crippen molar-refractivity contribution in [1.82, 2.24) is 15.2 Å². The average molecular weight is 217 g/mol. The topological polar surface area (TPSA) is 67.9 Å². The Bertz CT molecular complexity index is 437. The number of H-pyrrole nitrogens is 1. The number of hydrogen-bond acceptors (Lipinski definition) is 4. The maximum atomic E-state index is 10.4. The fourth-order valence-corrected chi connectivity index (χ4v) is 1.26. The number of ether oxygens (including phenoxy) is 1. The Labute approximate surface area is 92.5 Å². The molecule has 0 atom stereocenters. The molecule has 0 unspecified atom stereocenters. The molecule has 1 aromatic carbocycles. The Kier molecular flexibility index (Phi) is 3.28. The summed E-state index contributed by atoms with van der Waals surface area (Å²) in [5, 5.41) is 6.49. The van der Waals surface area contributed by atoms with Crippen LogP contribution in [0.4, 0.5) is 0 Å². The van der Waals surface area contributed by atoms with Gasteiger partial charge in [0.05, 0.1) is 6.61 Å². The van der Waals surface area contributed by atoms with Crippen LogP contribution >= 0.6 is 0 Å². The maximum absolute atomic E-state index is 10.4. The van der Waals surface area contributed by atoms with Gasteiger partial charge in [0, 0.05) is 12.0 Å². The molecule has 82 valence electrons. The second-order valence-corrected chi connectivity index (χ2v) is 3.22. The molecule has 0 spiro atoms. The predicted octanol–water partition coefficient (Wildman–Crippen LogP) is 1.24. The summed E-state index contributed by atoms with van der Waals surface area (Å²) in [4.78, 5) is 14.4. The fraction of sp³-hybridized carbons (Fsp3) is 0.182. The van der Waals surface area contributed by atoms with E-state index in [9.17, 15) is 4.79 Å². The van der Waals surface area contributed by atoms with Crippen LogP contribution < -0.4 is 4.74 Å². The summed E-state index contributed by atoms with van der Waals surface area (Å²) in [6, 6.07) is 6.97. The van der Waals surface area contributed by atoms with E-state index in [1.54, 1.807) is 24.3 Å². The summed E-state index contributed by atoms with van der Waals surface area (Å²) in [5.41, 5.74) is 0.641. The predicted molar refractivity (Wildman–Crippen MR) is 57.4 cm³/mol. The summed E-state index contributed by atoms with van der Waals surface area (Å²) in [6.07, 6.45) is 2.95. The van der Waals surface area contributed by atoms with Crippen LogP contribution in [0.2, 0.25) is 0 Å².